The van der Waals surface area contributed by atoms with E-state index in [1.165, 1.54) is 77.0 Å². The van der Waals surface area contributed by atoms with Gasteiger partial charge in [-0.2, -0.15) is 0 Å². The molecule has 0 aromatic rings. The van der Waals surface area contributed by atoms with Crippen molar-refractivity contribution in [2.45, 2.75) is 194 Å². The Morgan fingerprint density at radius 2 is 0.714 bits per heavy atom. The Bertz CT molecular complexity index is 1420. The van der Waals surface area contributed by atoms with Crippen molar-refractivity contribution in [2.75, 3.05) is 13.2 Å². The van der Waals surface area contributed by atoms with Crippen LogP contribution in [0.4, 0.5) is 0 Å². The molecule has 1 unspecified atom stereocenters. The minimum Gasteiger partial charge on any atom is -0.462 e. The highest BCUT2D eigenvalue weighted by atomic mass is 16.6. The summed E-state index contributed by atoms with van der Waals surface area (Å²) >= 11 is 0. The zero-order chi connectivity index (χ0) is 45.8. The highest BCUT2D eigenvalue weighted by Gasteiger charge is 2.19. The number of allylic oxidation sites excluding steroid dienone is 22. The summed E-state index contributed by atoms with van der Waals surface area (Å²) in [6.07, 6.45) is 70.3. The maximum atomic E-state index is 12.7. The minimum atomic E-state index is -0.854. The van der Waals surface area contributed by atoms with Gasteiger partial charge in [0.05, 0.1) is 0 Å². The molecule has 0 bridgehead atoms. The van der Waals surface area contributed by atoms with E-state index in [1.807, 2.05) is 85.1 Å². The maximum Gasteiger partial charge on any atom is 0.306 e. The molecule has 0 amide bonds. The fourth-order valence-corrected chi connectivity index (χ4v) is 6.12. The average Bonchev–Trinajstić information content (AvgIpc) is 3.28. The summed E-state index contributed by atoms with van der Waals surface area (Å²) in [4.78, 5) is 37.8. The number of esters is 3. The van der Waals surface area contributed by atoms with Crippen LogP contribution >= 0.6 is 0 Å². The van der Waals surface area contributed by atoms with E-state index >= 15 is 0 Å². The van der Waals surface area contributed by atoms with Crippen LogP contribution < -0.4 is 0 Å². The molecule has 0 aliphatic heterocycles. The van der Waals surface area contributed by atoms with E-state index in [9.17, 15) is 14.4 Å². The summed E-state index contributed by atoms with van der Waals surface area (Å²) in [7, 11) is 0. The molecule has 0 rings (SSSR count). The van der Waals surface area contributed by atoms with Crippen molar-refractivity contribution in [3.8, 4) is 0 Å². The number of rotatable bonds is 42. The smallest absolute Gasteiger partial charge is 0.306 e. The van der Waals surface area contributed by atoms with Crippen LogP contribution in [-0.4, -0.2) is 37.2 Å². The molecular formula is C57H88O6. The van der Waals surface area contributed by atoms with Crippen molar-refractivity contribution >= 4 is 17.9 Å². The molecule has 0 aliphatic carbocycles. The van der Waals surface area contributed by atoms with E-state index in [1.54, 1.807) is 0 Å². The molecule has 0 aliphatic rings. The predicted octanol–water partition coefficient (Wildman–Crippen LogP) is 16.3. The Morgan fingerprint density at radius 3 is 1.19 bits per heavy atom. The lowest BCUT2D eigenvalue weighted by atomic mass is 10.1. The SMILES string of the molecule is CC/C=C/C=C/C=C/C=C/C=C/C=C/C=C/CCCCCC(=O)OCC(COC(=O)CC/C=C/C/C=C/CCCCCCCC)OC(=O)CC/C=C/C/C=C/CCCCCCCC. The van der Waals surface area contributed by atoms with Gasteiger partial charge >= 0.3 is 17.9 Å². The van der Waals surface area contributed by atoms with Crippen LogP contribution in [0, 0.1) is 0 Å². The molecule has 0 radical (unpaired) electrons. The Hall–Kier alpha value is -4.45. The lowest BCUT2D eigenvalue weighted by Crippen LogP contribution is -2.30. The molecule has 0 N–H and O–H groups in total. The first kappa shape index (κ1) is 58.6. The molecule has 63 heavy (non-hydrogen) atoms. The highest BCUT2D eigenvalue weighted by molar-refractivity contribution is 5.71. The van der Waals surface area contributed by atoms with Gasteiger partial charge in [0.15, 0.2) is 6.10 Å². The van der Waals surface area contributed by atoms with E-state index in [2.05, 4.69) is 69.4 Å². The number of hydrogen-bond acceptors (Lipinski definition) is 6. The lowest BCUT2D eigenvalue weighted by Gasteiger charge is -2.18. The second kappa shape index (κ2) is 50.2. The van der Waals surface area contributed by atoms with Crippen molar-refractivity contribution in [1.82, 2.24) is 0 Å². The van der Waals surface area contributed by atoms with Gasteiger partial charge in [-0.15, -0.1) is 0 Å². The van der Waals surface area contributed by atoms with Gasteiger partial charge in [0.1, 0.15) is 13.2 Å². The van der Waals surface area contributed by atoms with Crippen molar-refractivity contribution in [2.24, 2.45) is 0 Å². The van der Waals surface area contributed by atoms with Crippen LogP contribution in [0.5, 0.6) is 0 Å². The largest absolute Gasteiger partial charge is 0.462 e. The molecular weight excluding hydrogens is 781 g/mol. The second-order valence-corrected chi connectivity index (χ2v) is 15.8. The van der Waals surface area contributed by atoms with Gasteiger partial charge in [-0.25, -0.2) is 0 Å². The summed E-state index contributed by atoms with van der Waals surface area (Å²) < 4.78 is 16.6. The topological polar surface area (TPSA) is 78.9 Å². The zero-order valence-electron chi connectivity index (χ0n) is 40.0. The van der Waals surface area contributed by atoms with Gasteiger partial charge in [-0.05, 0) is 77.0 Å². The van der Waals surface area contributed by atoms with Crippen molar-refractivity contribution in [3.63, 3.8) is 0 Å². The summed E-state index contributed by atoms with van der Waals surface area (Å²) in [5.74, 6) is -1.14. The first-order valence-electron chi connectivity index (χ1n) is 24.8. The van der Waals surface area contributed by atoms with Crippen LogP contribution in [0.2, 0.25) is 0 Å². The van der Waals surface area contributed by atoms with E-state index in [4.69, 9.17) is 14.2 Å². The second-order valence-electron chi connectivity index (χ2n) is 15.8. The maximum absolute atomic E-state index is 12.7. The summed E-state index contributed by atoms with van der Waals surface area (Å²) in [5, 5.41) is 0. The lowest BCUT2D eigenvalue weighted by molar-refractivity contribution is -0.166. The van der Waals surface area contributed by atoms with Crippen LogP contribution in [0.1, 0.15) is 188 Å². The normalized spacial score (nSPS) is 13.3. The summed E-state index contributed by atoms with van der Waals surface area (Å²) in [6.45, 7) is 6.30. The van der Waals surface area contributed by atoms with Gasteiger partial charge in [0.25, 0.3) is 0 Å². The first-order valence-corrected chi connectivity index (χ1v) is 24.8. The van der Waals surface area contributed by atoms with E-state index in [-0.39, 0.29) is 44.4 Å². The molecule has 0 aromatic heterocycles. The van der Waals surface area contributed by atoms with Gasteiger partial charge in [-0.3, -0.25) is 14.4 Å². The Balaban J connectivity index is 4.64. The summed E-state index contributed by atoms with van der Waals surface area (Å²) in [6, 6.07) is 0. The minimum absolute atomic E-state index is 0.146. The number of hydrogen-bond donors (Lipinski definition) is 0. The van der Waals surface area contributed by atoms with Crippen LogP contribution in [0.3, 0.4) is 0 Å². The molecule has 0 spiro atoms. The molecule has 0 heterocycles. The molecule has 352 valence electrons. The molecule has 0 saturated carbocycles. The zero-order valence-corrected chi connectivity index (χ0v) is 40.0. The van der Waals surface area contributed by atoms with Crippen LogP contribution in [-0.2, 0) is 28.6 Å². The van der Waals surface area contributed by atoms with Gasteiger partial charge < -0.3 is 14.2 Å². The summed E-state index contributed by atoms with van der Waals surface area (Å²) in [5.41, 5.74) is 0. The predicted molar refractivity (Wildman–Crippen MR) is 269 cm³/mol. The Kier molecular flexibility index (Phi) is 46.7. The average molecular weight is 869 g/mol. The molecule has 0 fully saturated rings. The monoisotopic (exact) mass is 869 g/mol. The molecule has 6 nitrogen and oxygen atoms in total. The highest BCUT2D eigenvalue weighted by Crippen LogP contribution is 2.10. The standard InChI is InChI=1S/C57H88O6/c1-4-7-10-13-16-19-22-25-26-27-28-29-30-33-35-38-41-44-47-50-56(59)62-53-54(63-57(60)51-48-45-42-39-36-32-24-21-18-15-12-9-6-3)52-61-55(58)49-46-43-40-37-34-31-23-20-17-14-11-8-5-2/h7,10,13,16,19,22,25-36,40,42-43,45,54H,4-6,8-9,11-12,14-15,17-18,20-21,23-24,37-39,41,44,46-53H2,1-3H3/b10-7+,16-13+,22-19+,26-25+,28-27+,30-29+,34-31+,35-33+,36-32+,43-40+,45-42+. The fraction of sp³-hybridized carbons (Fsp3) is 0.561. The molecule has 0 saturated heterocycles. The fourth-order valence-electron chi connectivity index (χ4n) is 6.12. The third-order valence-electron chi connectivity index (χ3n) is 9.83. The van der Waals surface area contributed by atoms with E-state index in [0.717, 1.165) is 51.4 Å². The Morgan fingerprint density at radius 1 is 0.349 bits per heavy atom. The van der Waals surface area contributed by atoms with E-state index < -0.39 is 12.1 Å². The van der Waals surface area contributed by atoms with Gasteiger partial charge in [0, 0.05) is 19.3 Å². The molecule has 1 atom stereocenters. The van der Waals surface area contributed by atoms with Crippen LogP contribution in [0.15, 0.2) is 134 Å². The number of carbonyl (C=O) groups is 3. The quantitative estimate of drug-likeness (QED) is 0.0200. The Labute approximate surface area is 385 Å². The van der Waals surface area contributed by atoms with Crippen LogP contribution in [0.25, 0.3) is 0 Å². The third kappa shape index (κ3) is 48.4. The molecule has 6 heteroatoms. The number of unbranched alkanes of at least 4 members (excludes halogenated alkanes) is 15. The number of ether oxygens (including phenoxy) is 3. The van der Waals surface area contributed by atoms with Gasteiger partial charge in [0.2, 0.25) is 0 Å². The van der Waals surface area contributed by atoms with Crippen molar-refractivity contribution < 1.29 is 28.6 Å². The number of carbonyl (C=O) groups excluding carboxylic acids is 3. The molecule has 0 aromatic carbocycles. The van der Waals surface area contributed by atoms with Crippen molar-refractivity contribution in [1.29, 1.82) is 0 Å². The third-order valence-corrected chi connectivity index (χ3v) is 9.83. The van der Waals surface area contributed by atoms with Gasteiger partial charge in [-0.1, -0.05) is 225 Å². The van der Waals surface area contributed by atoms with E-state index in [0.29, 0.717) is 19.3 Å². The van der Waals surface area contributed by atoms with Crippen molar-refractivity contribution in [3.05, 3.63) is 134 Å². The first-order chi connectivity index (χ1) is 31.0.